The first kappa shape index (κ1) is 16.7. The number of carbonyl (C=O) groups excluding carboxylic acids is 1. The van der Waals surface area contributed by atoms with Crippen molar-refractivity contribution in [2.75, 3.05) is 11.9 Å². The number of aromatic nitrogens is 4. The SMILES string of the molecule is CCOC(C)n1cc(-c2c(NC=O)cnn3cc(C(=O)O)cc23)cn1. The maximum atomic E-state index is 11.2. The van der Waals surface area contributed by atoms with Gasteiger partial charge in [0.05, 0.1) is 29.2 Å². The summed E-state index contributed by atoms with van der Waals surface area (Å²) in [4.78, 5) is 22.2. The van der Waals surface area contributed by atoms with Gasteiger partial charge in [0.2, 0.25) is 6.41 Å². The molecule has 0 radical (unpaired) electrons. The zero-order valence-corrected chi connectivity index (χ0v) is 13.7. The van der Waals surface area contributed by atoms with Gasteiger partial charge in [0.1, 0.15) is 6.23 Å². The fourth-order valence-electron chi connectivity index (χ4n) is 2.63. The van der Waals surface area contributed by atoms with Crippen LogP contribution in [0.25, 0.3) is 16.6 Å². The molecule has 0 saturated heterocycles. The fourth-order valence-corrected chi connectivity index (χ4v) is 2.63. The standard InChI is InChI=1S/C16H17N5O4/c1-3-25-10(2)20-8-12(5-18-20)15-13(17-9-22)6-19-21-7-11(16(23)24)4-14(15)21/h4-10H,3H2,1-2H3,(H,17,22)(H,23,24). The number of carbonyl (C=O) groups is 2. The summed E-state index contributed by atoms with van der Waals surface area (Å²) in [6, 6.07) is 1.50. The van der Waals surface area contributed by atoms with Gasteiger partial charge in [0.15, 0.2) is 0 Å². The van der Waals surface area contributed by atoms with Crippen molar-refractivity contribution < 1.29 is 19.4 Å². The third kappa shape index (κ3) is 3.09. The van der Waals surface area contributed by atoms with E-state index in [9.17, 15) is 14.7 Å². The van der Waals surface area contributed by atoms with Crippen LogP contribution in [-0.4, -0.2) is 43.5 Å². The molecular formula is C16H17N5O4. The van der Waals surface area contributed by atoms with E-state index in [1.165, 1.54) is 23.0 Å². The molecule has 1 unspecified atom stereocenters. The number of amides is 1. The molecule has 9 heteroatoms. The molecule has 3 heterocycles. The average Bonchev–Trinajstić information content (AvgIpc) is 3.22. The lowest BCUT2D eigenvalue weighted by molar-refractivity contribution is -0.105. The molecule has 3 rings (SSSR count). The minimum absolute atomic E-state index is 0.104. The smallest absolute Gasteiger partial charge is 0.337 e. The van der Waals surface area contributed by atoms with Gasteiger partial charge in [0.25, 0.3) is 0 Å². The highest BCUT2D eigenvalue weighted by Crippen LogP contribution is 2.32. The van der Waals surface area contributed by atoms with Gasteiger partial charge in [-0.2, -0.15) is 10.2 Å². The quantitative estimate of drug-likeness (QED) is 0.635. The molecule has 2 N–H and O–H groups in total. The lowest BCUT2D eigenvalue weighted by Gasteiger charge is -2.11. The van der Waals surface area contributed by atoms with Crippen LogP contribution >= 0.6 is 0 Å². The normalized spacial score (nSPS) is 12.2. The number of ether oxygens (including phenoxy) is 1. The molecule has 9 nitrogen and oxygen atoms in total. The van der Waals surface area contributed by atoms with E-state index < -0.39 is 5.97 Å². The second-order valence-corrected chi connectivity index (χ2v) is 5.32. The second kappa shape index (κ2) is 6.73. The Bertz CT molecular complexity index is 930. The number of nitrogens with one attached hydrogen (secondary N) is 1. The highest BCUT2D eigenvalue weighted by atomic mass is 16.5. The number of hydrogen-bond acceptors (Lipinski definition) is 5. The number of nitrogens with zero attached hydrogens (tertiary/aromatic N) is 4. The zero-order chi connectivity index (χ0) is 18.0. The van der Waals surface area contributed by atoms with Crippen LogP contribution in [-0.2, 0) is 9.53 Å². The average molecular weight is 343 g/mol. The molecule has 0 fully saturated rings. The molecule has 0 spiro atoms. The largest absolute Gasteiger partial charge is 0.478 e. The van der Waals surface area contributed by atoms with E-state index in [1.807, 2.05) is 13.8 Å². The van der Waals surface area contributed by atoms with E-state index in [0.29, 0.717) is 35.3 Å². The van der Waals surface area contributed by atoms with E-state index in [2.05, 4.69) is 15.5 Å². The van der Waals surface area contributed by atoms with E-state index in [1.54, 1.807) is 17.1 Å². The Morgan fingerprint density at radius 3 is 2.88 bits per heavy atom. The minimum Gasteiger partial charge on any atom is -0.478 e. The summed E-state index contributed by atoms with van der Waals surface area (Å²) in [6.45, 7) is 4.31. The van der Waals surface area contributed by atoms with Crippen molar-refractivity contribution >= 4 is 23.6 Å². The van der Waals surface area contributed by atoms with Crippen LogP contribution in [0.3, 0.4) is 0 Å². The number of fused-ring (bicyclic) bond motifs is 1. The lowest BCUT2D eigenvalue weighted by atomic mass is 10.1. The summed E-state index contributed by atoms with van der Waals surface area (Å²) in [5.41, 5.74) is 2.45. The maximum Gasteiger partial charge on any atom is 0.337 e. The van der Waals surface area contributed by atoms with E-state index in [0.717, 1.165) is 0 Å². The Kier molecular flexibility index (Phi) is 4.48. The van der Waals surface area contributed by atoms with Crippen LogP contribution in [0.15, 0.2) is 30.9 Å². The van der Waals surface area contributed by atoms with Crippen LogP contribution in [0.2, 0.25) is 0 Å². The van der Waals surface area contributed by atoms with E-state index in [-0.39, 0.29) is 11.8 Å². The molecule has 130 valence electrons. The summed E-state index contributed by atoms with van der Waals surface area (Å²) >= 11 is 0. The summed E-state index contributed by atoms with van der Waals surface area (Å²) in [6.07, 6.45) is 6.59. The Morgan fingerprint density at radius 1 is 1.40 bits per heavy atom. The Balaban J connectivity index is 2.16. The van der Waals surface area contributed by atoms with Crippen molar-refractivity contribution in [2.45, 2.75) is 20.1 Å². The molecule has 1 atom stereocenters. The van der Waals surface area contributed by atoms with Crippen molar-refractivity contribution in [3.05, 3.63) is 36.4 Å². The number of hydrogen-bond donors (Lipinski definition) is 2. The molecule has 3 aromatic heterocycles. The van der Waals surface area contributed by atoms with Crippen molar-refractivity contribution in [2.24, 2.45) is 0 Å². The number of rotatable bonds is 7. The Hall–Kier alpha value is -3.20. The Labute approximate surface area is 142 Å². The molecule has 0 saturated carbocycles. The first-order valence-electron chi connectivity index (χ1n) is 7.66. The summed E-state index contributed by atoms with van der Waals surface area (Å²) in [7, 11) is 0. The molecular weight excluding hydrogens is 326 g/mol. The van der Waals surface area contributed by atoms with Gasteiger partial charge >= 0.3 is 5.97 Å². The summed E-state index contributed by atoms with van der Waals surface area (Å²) in [5, 5.41) is 20.2. The minimum atomic E-state index is -1.05. The van der Waals surface area contributed by atoms with E-state index >= 15 is 0 Å². The van der Waals surface area contributed by atoms with Gasteiger partial charge in [-0.25, -0.2) is 14.0 Å². The number of carboxylic acid groups (broad SMARTS) is 1. The summed E-state index contributed by atoms with van der Waals surface area (Å²) in [5.74, 6) is -1.05. The Morgan fingerprint density at radius 2 is 2.20 bits per heavy atom. The number of aromatic carboxylic acids is 1. The number of carboxylic acids is 1. The molecule has 0 aromatic carbocycles. The van der Waals surface area contributed by atoms with Gasteiger partial charge in [-0.05, 0) is 19.9 Å². The number of anilines is 1. The van der Waals surface area contributed by atoms with Gasteiger partial charge in [-0.3, -0.25) is 4.79 Å². The van der Waals surface area contributed by atoms with Gasteiger partial charge in [-0.1, -0.05) is 0 Å². The maximum absolute atomic E-state index is 11.2. The van der Waals surface area contributed by atoms with Crippen molar-refractivity contribution in [3.63, 3.8) is 0 Å². The molecule has 1 amide bonds. The third-order valence-electron chi connectivity index (χ3n) is 3.77. The third-order valence-corrected chi connectivity index (χ3v) is 3.77. The van der Waals surface area contributed by atoms with Crippen LogP contribution in [0, 0.1) is 0 Å². The summed E-state index contributed by atoms with van der Waals surface area (Å²) < 4.78 is 8.62. The molecule has 0 bridgehead atoms. The topological polar surface area (TPSA) is 111 Å². The molecule has 0 aliphatic rings. The molecule has 0 aliphatic carbocycles. The zero-order valence-electron chi connectivity index (χ0n) is 13.7. The highest BCUT2D eigenvalue weighted by molar-refractivity contribution is 5.97. The first-order valence-corrected chi connectivity index (χ1v) is 7.66. The first-order chi connectivity index (χ1) is 12.0. The van der Waals surface area contributed by atoms with Crippen molar-refractivity contribution in [3.8, 4) is 11.1 Å². The van der Waals surface area contributed by atoms with Gasteiger partial charge < -0.3 is 15.2 Å². The highest BCUT2D eigenvalue weighted by Gasteiger charge is 2.17. The molecule has 25 heavy (non-hydrogen) atoms. The van der Waals surface area contributed by atoms with Crippen LogP contribution in [0.4, 0.5) is 5.69 Å². The van der Waals surface area contributed by atoms with Gasteiger partial charge in [-0.15, -0.1) is 0 Å². The van der Waals surface area contributed by atoms with Crippen LogP contribution < -0.4 is 5.32 Å². The van der Waals surface area contributed by atoms with Gasteiger partial charge in [0, 0.05) is 30.1 Å². The monoisotopic (exact) mass is 343 g/mol. The van der Waals surface area contributed by atoms with Crippen molar-refractivity contribution in [1.82, 2.24) is 19.4 Å². The van der Waals surface area contributed by atoms with Crippen molar-refractivity contribution in [1.29, 1.82) is 0 Å². The lowest BCUT2D eigenvalue weighted by Crippen LogP contribution is -2.09. The fraction of sp³-hybridized carbons (Fsp3) is 0.250. The van der Waals surface area contributed by atoms with Crippen LogP contribution in [0.1, 0.15) is 30.4 Å². The molecule has 3 aromatic rings. The predicted molar refractivity (Wildman–Crippen MR) is 89.4 cm³/mol. The molecule has 0 aliphatic heterocycles. The second-order valence-electron chi connectivity index (χ2n) is 5.32. The van der Waals surface area contributed by atoms with E-state index in [4.69, 9.17) is 4.74 Å². The predicted octanol–water partition coefficient (Wildman–Crippen LogP) is 2.02. The van der Waals surface area contributed by atoms with Crippen LogP contribution in [0.5, 0.6) is 0 Å².